The van der Waals surface area contributed by atoms with Gasteiger partial charge in [-0.3, -0.25) is 4.79 Å². The molecule has 5 aromatic heterocycles. The van der Waals surface area contributed by atoms with Crippen LogP contribution in [0.2, 0.25) is 0 Å². The Morgan fingerprint density at radius 3 is 1.91 bits per heavy atom. The van der Waals surface area contributed by atoms with Gasteiger partial charge in [-0.15, -0.1) is 22.7 Å². The summed E-state index contributed by atoms with van der Waals surface area (Å²) in [6.45, 7) is 13.9. The Balaban J connectivity index is 0.000000138. The molecule has 0 aromatic carbocycles. The molecule has 46 heavy (non-hydrogen) atoms. The third-order valence-corrected chi connectivity index (χ3v) is 12.7. The summed E-state index contributed by atoms with van der Waals surface area (Å²) in [4.78, 5) is 36.6. The fourth-order valence-corrected chi connectivity index (χ4v) is 10.2. The molecular formula is C36H45N7OS2. The number of anilines is 3. The summed E-state index contributed by atoms with van der Waals surface area (Å²) in [7, 11) is 0. The topological polar surface area (TPSA) is 104 Å². The fraction of sp³-hybridized carbons (Fsp3) is 0.556. The molecule has 5 aromatic rings. The highest BCUT2D eigenvalue weighted by molar-refractivity contribution is 7.25. The summed E-state index contributed by atoms with van der Waals surface area (Å²) in [6, 6.07) is 0. The smallest absolute Gasteiger partial charge is 0.268 e. The number of aromatic nitrogens is 4. The molecule has 3 N–H and O–H groups in total. The molecule has 0 spiro atoms. The predicted octanol–water partition coefficient (Wildman–Crippen LogP) is 7.64. The number of hydrogen-bond donors (Lipinski definition) is 2. The van der Waals surface area contributed by atoms with E-state index in [4.69, 9.17) is 15.7 Å². The zero-order valence-electron chi connectivity index (χ0n) is 27.6. The van der Waals surface area contributed by atoms with Gasteiger partial charge >= 0.3 is 0 Å². The Bertz CT molecular complexity index is 2030. The highest BCUT2D eigenvalue weighted by atomic mass is 32.1. The quantitative estimate of drug-likeness (QED) is 0.201. The molecule has 0 atom stereocenters. The number of pyridine rings is 2. The minimum absolute atomic E-state index is 0.0560. The van der Waals surface area contributed by atoms with E-state index in [-0.39, 0.29) is 11.0 Å². The zero-order valence-corrected chi connectivity index (χ0v) is 29.2. The molecule has 2 saturated heterocycles. The van der Waals surface area contributed by atoms with Crippen LogP contribution in [-0.4, -0.2) is 46.1 Å². The second-order valence-corrected chi connectivity index (χ2v) is 17.3. The van der Waals surface area contributed by atoms with Gasteiger partial charge in [-0.25, -0.2) is 15.0 Å². The Hall–Kier alpha value is -3.24. The number of nitrogens with one attached hydrogen (secondary N) is 1. The van der Waals surface area contributed by atoms with E-state index >= 15 is 0 Å². The summed E-state index contributed by atoms with van der Waals surface area (Å²) in [5.41, 5.74) is 14.3. The normalized spacial score (nSPS) is 20.3. The summed E-state index contributed by atoms with van der Waals surface area (Å²) in [5.74, 6) is 2.42. The Kier molecular flexibility index (Phi) is 7.32. The van der Waals surface area contributed by atoms with Crippen molar-refractivity contribution in [2.75, 3.05) is 41.7 Å². The average Bonchev–Trinajstić information content (AvgIpc) is 3.83. The van der Waals surface area contributed by atoms with Crippen LogP contribution in [0.25, 0.3) is 30.6 Å². The van der Waals surface area contributed by atoms with Crippen LogP contribution in [0.4, 0.5) is 17.3 Å². The maximum atomic E-state index is 12.3. The molecule has 0 saturated carbocycles. The first-order chi connectivity index (χ1) is 22.1. The van der Waals surface area contributed by atoms with Crippen molar-refractivity contribution in [1.29, 1.82) is 0 Å². The molecule has 0 amide bonds. The average molecular weight is 656 g/mol. The van der Waals surface area contributed by atoms with Crippen molar-refractivity contribution < 1.29 is 0 Å². The third kappa shape index (κ3) is 5.16. The van der Waals surface area contributed by atoms with Crippen LogP contribution < -0.4 is 21.1 Å². The van der Waals surface area contributed by atoms with Crippen molar-refractivity contribution >= 4 is 70.6 Å². The van der Waals surface area contributed by atoms with Gasteiger partial charge in [0.1, 0.15) is 26.0 Å². The highest BCUT2D eigenvalue weighted by Gasteiger charge is 2.34. The van der Waals surface area contributed by atoms with Crippen molar-refractivity contribution in [3.63, 3.8) is 0 Å². The van der Waals surface area contributed by atoms with E-state index in [9.17, 15) is 4.79 Å². The van der Waals surface area contributed by atoms with Crippen LogP contribution in [0.5, 0.6) is 0 Å². The van der Waals surface area contributed by atoms with Crippen LogP contribution >= 0.6 is 22.7 Å². The maximum absolute atomic E-state index is 12.3. The van der Waals surface area contributed by atoms with Crippen molar-refractivity contribution in [2.45, 2.75) is 91.9 Å². The molecule has 9 rings (SSSR count). The molecule has 7 heterocycles. The highest BCUT2D eigenvalue weighted by Crippen LogP contribution is 2.46. The van der Waals surface area contributed by atoms with Gasteiger partial charge < -0.3 is 20.5 Å². The predicted molar refractivity (Wildman–Crippen MR) is 194 cm³/mol. The van der Waals surface area contributed by atoms with Gasteiger partial charge in [-0.2, -0.15) is 0 Å². The maximum Gasteiger partial charge on any atom is 0.268 e. The first-order valence-corrected chi connectivity index (χ1v) is 18.8. The number of aromatic amines is 1. The zero-order chi connectivity index (χ0) is 31.8. The summed E-state index contributed by atoms with van der Waals surface area (Å²) >= 11 is 3.19. The number of nitrogens with two attached hydrogens (primary N) is 1. The molecule has 242 valence electrons. The van der Waals surface area contributed by atoms with Crippen LogP contribution in [0.15, 0.2) is 16.5 Å². The van der Waals surface area contributed by atoms with E-state index in [1.165, 1.54) is 95.5 Å². The lowest BCUT2D eigenvalue weighted by atomic mass is 9.73. The van der Waals surface area contributed by atoms with Gasteiger partial charge in [0.25, 0.3) is 5.56 Å². The van der Waals surface area contributed by atoms with E-state index in [1.807, 2.05) is 0 Å². The van der Waals surface area contributed by atoms with E-state index in [0.717, 1.165) is 78.1 Å². The second-order valence-electron chi connectivity index (χ2n) is 15.4. The molecule has 2 fully saturated rings. The molecule has 10 heteroatoms. The number of fused-ring (bicyclic) bond motifs is 8. The number of H-pyrrole nitrogens is 1. The molecule has 2 aliphatic heterocycles. The summed E-state index contributed by atoms with van der Waals surface area (Å²) in [6.07, 6.45) is 13.4. The van der Waals surface area contributed by atoms with Crippen LogP contribution in [0.1, 0.15) is 88.5 Å². The Labute approximate surface area is 278 Å². The molecule has 0 bridgehead atoms. The SMILES string of the molecule is CC1(C)CCc2c(N3CCCC3)nc3sc4c(=O)[nH]cnc4c3c2C1.CC1(C)CCc2c(N3CCCC3)nc3scc(N)c3c2C1. The van der Waals surface area contributed by atoms with Gasteiger partial charge in [0.05, 0.1) is 17.5 Å². The van der Waals surface area contributed by atoms with Crippen molar-refractivity contribution in [3.05, 3.63) is 44.3 Å². The monoisotopic (exact) mass is 655 g/mol. The van der Waals surface area contributed by atoms with Gasteiger partial charge in [0, 0.05) is 42.3 Å². The van der Waals surface area contributed by atoms with E-state index in [0.29, 0.717) is 10.1 Å². The standard InChI is InChI=1S/C19H22N4OS.C17H23N3S/c1-19(2)6-5-11-12(9-19)13-14-15(17(24)21-10-20-14)25-18(13)22-16(11)23-7-3-4-8-23;1-17(2)6-5-11-12(9-17)14-13(18)10-21-16(14)19-15(11)20-7-3-4-8-20/h10H,3-9H2,1-2H3,(H,20,21,24);10H,3-9,18H2,1-2H3. The molecule has 0 unspecified atom stereocenters. The third-order valence-electron chi connectivity index (χ3n) is 10.8. The van der Waals surface area contributed by atoms with E-state index in [1.54, 1.807) is 11.3 Å². The van der Waals surface area contributed by atoms with Gasteiger partial charge in [0.2, 0.25) is 0 Å². The second kappa shape index (κ2) is 11.2. The van der Waals surface area contributed by atoms with Crippen molar-refractivity contribution in [2.24, 2.45) is 10.8 Å². The first kappa shape index (κ1) is 30.1. The molecule has 8 nitrogen and oxygen atoms in total. The Morgan fingerprint density at radius 1 is 0.783 bits per heavy atom. The molecule has 0 radical (unpaired) electrons. The van der Waals surface area contributed by atoms with Gasteiger partial charge in [0.15, 0.2) is 0 Å². The molecule has 4 aliphatic rings. The van der Waals surface area contributed by atoms with E-state index in [2.05, 4.69) is 52.8 Å². The Morgan fingerprint density at radius 2 is 1.33 bits per heavy atom. The summed E-state index contributed by atoms with van der Waals surface area (Å²) in [5, 5.41) is 4.43. The van der Waals surface area contributed by atoms with E-state index < -0.39 is 0 Å². The van der Waals surface area contributed by atoms with Crippen molar-refractivity contribution in [1.82, 2.24) is 19.9 Å². The van der Waals surface area contributed by atoms with Gasteiger partial charge in [-0.05, 0) is 97.3 Å². The number of thiophene rings is 2. The van der Waals surface area contributed by atoms with Crippen LogP contribution in [0.3, 0.4) is 0 Å². The number of nitrogen functional groups attached to an aromatic ring is 1. The fourth-order valence-electron chi connectivity index (χ4n) is 8.26. The number of hydrogen-bond acceptors (Lipinski definition) is 9. The van der Waals surface area contributed by atoms with Crippen LogP contribution in [-0.2, 0) is 25.7 Å². The van der Waals surface area contributed by atoms with Crippen LogP contribution in [0, 0.1) is 10.8 Å². The number of nitrogens with zero attached hydrogens (tertiary/aromatic N) is 5. The minimum Gasteiger partial charge on any atom is -0.397 e. The van der Waals surface area contributed by atoms with Crippen molar-refractivity contribution in [3.8, 4) is 0 Å². The minimum atomic E-state index is -0.0560. The summed E-state index contributed by atoms with van der Waals surface area (Å²) < 4.78 is 0.703. The lowest BCUT2D eigenvalue weighted by molar-refractivity contribution is 0.316. The molecular weight excluding hydrogens is 611 g/mol. The molecule has 2 aliphatic carbocycles. The lowest BCUT2D eigenvalue weighted by Crippen LogP contribution is -2.27. The lowest BCUT2D eigenvalue weighted by Gasteiger charge is -2.34. The largest absolute Gasteiger partial charge is 0.397 e. The number of rotatable bonds is 2. The first-order valence-electron chi connectivity index (χ1n) is 17.1. The van der Waals surface area contributed by atoms with Gasteiger partial charge in [-0.1, -0.05) is 27.7 Å².